The Hall–Kier alpha value is -2.69. The summed E-state index contributed by atoms with van der Waals surface area (Å²) in [6.07, 6.45) is 3.34. The molecule has 2 aromatic rings. The van der Waals surface area contributed by atoms with Gasteiger partial charge in [0.05, 0.1) is 5.52 Å². The number of fused-ring (bicyclic) bond motifs is 1. The molecule has 2 heterocycles. The number of allylic oxidation sites excluding steroid dienone is 1. The molecule has 5 nitrogen and oxygen atoms in total. The molecule has 0 fully saturated rings. The Morgan fingerprint density at radius 3 is 2.83 bits per heavy atom. The lowest BCUT2D eigenvalue weighted by Gasteiger charge is -2.31. The number of aromatic nitrogens is 1. The van der Waals surface area contributed by atoms with E-state index in [9.17, 15) is 9.59 Å². The Morgan fingerprint density at radius 2 is 2.08 bits per heavy atom. The van der Waals surface area contributed by atoms with Gasteiger partial charge in [-0.3, -0.25) is 14.6 Å². The summed E-state index contributed by atoms with van der Waals surface area (Å²) in [5.41, 5.74) is 1.19. The van der Waals surface area contributed by atoms with Gasteiger partial charge in [-0.25, -0.2) is 0 Å². The molecule has 5 heteroatoms. The molecule has 3 rings (SSSR count). The van der Waals surface area contributed by atoms with Crippen LogP contribution >= 0.6 is 0 Å². The van der Waals surface area contributed by atoms with Crippen molar-refractivity contribution in [2.24, 2.45) is 0 Å². The minimum Gasteiger partial charge on any atom is -0.481 e. The minimum absolute atomic E-state index is 0.0876. The molecule has 0 saturated carbocycles. The highest BCUT2D eigenvalue weighted by atomic mass is 16.5. The fourth-order valence-electron chi connectivity index (χ4n) is 2.82. The Morgan fingerprint density at radius 1 is 1.33 bits per heavy atom. The number of carbonyl (C=O) groups is 2. The van der Waals surface area contributed by atoms with Gasteiger partial charge in [-0.1, -0.05) is 18.2 Å². The van der Waals surface area contributed by atoms with Gasteiger partial charge in [0.1, 0.15) is 5.60 Å². The first-order chi connectivity index (χ1) is 11.3. The number of likely N-dealkylation sites (N-methyl/N-ethyl adjacent to an activating group) is 1. The monoisotopic (exact) mass is 324 g/mol. The van der Waals surface area contributed by atoms with E-state index >= 15 is 0 Å². The van der Waals surface area contributed by atoms with Crippen molar-refractivity contribution in [3.63, 3.8) is 0 Å². The smallest absolute Gasteiger partial charge is 0.289 e. The number of ether oxygens (including phenoxy) is 1. The van der Waals surface area contributed by atoms with Gasteiger partial charge < -0.3 is 9.64 Å². The number of carbonyl (C=O) groups excluding carboxylic acids is 2. The lowest BCUT2D eigenvalue weighted by molar-refractivity contribution is -0.137. The molecule has 0 radical (unpaired) electrons. The van der Waals surface area contributed by atoms with Crippen LogP contribution in [0.1, 0.15) is 25.8 Å². The van der Waals surface area contributed by atoms with Crippen molar-refractivity contribution in [1.82, 2.24) is 9.88 Å². The van der Waals surface area contributed by atoms with Gasteiger partial charge in [0.15, 0.2) is 11.5 Å². The van der Waals surface area contributed by atoms with Crippen LogP contribution in [0.4, 0.5) is 0 Å². The van der Waals surface area contributed by atoms with Crippen LogP contribution in [0.25, 0.3) is 10.9 Å². The summed E-state index contributed by atoms with van der Waals surface area (Å²) in [6, 6.07) is 9.84. The first-order valence-corrected chi connectivity index (χ1v) is 7.87. The summed E-state index contributed by atoms with van der Waals surface area (Å²) < 4.78 is 5.67. The van der Waals surface area contributed by atoms with Gasteiger partial charge in [-0.2, -0.15) is 0 Å². The van der Waals surface area contributed by atoms with E-state index in [1.807, 2.05) is 30.3 Å². The topological polar surface area (TPSA) is 59.5 Å². The maximum atomic E-state index is 12.6. The summed E-state index contributed by atoms with van der Waals surface area (Å²) in [6.45, 7) is 4.00. The molecule has 0 atom stereocenters. The van der Waals surface area contributed by atoms with Crippen LogP contribution in [0.3, 0.4) is 0 Å². The second-order valence-corrected chi connectivity index (χ2v) is 6.71. The zero-order valence-electron chi connectivity index (χ0n) is 14.1. The zero-order chi connectivity index (χ0) is 17.3. The summed E-state index contributed by atoms with van der Waals surface area (Å²) in [4.78, 5) is 30.3. The molecule has 0 saturated heterocycles. The first kappa shape index (κ1) is 16.2. The van der Waals surface area contributed by atoms with E-state index < -0.39 is 5.60 Å². The molecular formula is C19H20N2O3. The molecule has 1 amide bonds. The van der Waals surface area contributed by atoms with Crippen molar-refractivity contribution in [3.05, 3.63) is 53.9 Å². The van der Waals surface area contributed by atoms with Gasteiger partial charge in [-0.15, -0.1) is 0 Å². The summed E-state index contributed by atoms with van der Waals surface area (Å²) in [5, 5.41) is 1.03. The van der Waals surface area contributed by atoms with Crippen LogP contribution in [0.2, 0.25) is 0 Å². The van der Waals surface area contributed by atoms with Gasteiger partial charge >= 0.3 is 0 Å². The van der Waals surface area contributed by atoms with E-state index in [2.05, 4.69) is 4.98 Å². The van der Waals surface area contributed by atoms with Crippen LogP contribution in [-0.2, 0) is 20.9 Å². The number of benzene rings is 1. The van der Waals surface area contributed by atoms with Gasteiger partial charge in [0.2, 0.25) is 0 Å². The van der Waals surface area contributed by atoms with E-state index in [0.717, 1.165) is 16.5 Å². The number of para-hydroxylation sites is 1. The average Bonchev–Trinajstić information content (AvgIpc) is 2.52. The van der Waals surface area contributed by atoms with Crippen LogP contribution < -0.4 is 0 Å². The number of amides is 1. The fraction of sp³-hybridized carbons (Fsp3) is 0.316. The Kier molecular flexibility index (Phi) is 4.09. The zero-order valence-corrected chi connectivity index (χ0v) is 14.1. The number of rotatable bonds is 3. The molecule has 1 aliphatic rings. The average molecular weight is 324 g/mol. The second-order valence-electron chi connectivity index (χ2n) is 6.71. The second kappa shape index (κ2) is 6.07. The Balaban J connectivity index is 1.77. The van der Waals surface area contributed by atoms with Gasteiger partial charge in [-0.05, 0) is 31.5 Å². The molecule has 1 aromatic carbocycles. The highest BCUT2D eigenvalue weighted by Crippen LogP contribution is 2.26. The third kappa shape index (κ3) is 3.45. The van der Waals surface area contributed by atoms with E-state index in [1.165, 1.54) is 11.0 Å². The summed E-state index contributed by atoms with van der Waals surface area (Å²) >= 11 is 0. The first-order valence-electron chi connectivity index (χ1n) is 7.87. The van der Waals surface area contributed by atoms with Crippen molar-refractivity contribution >= 4 is 22.6 Å². The van der Waals surface area contributed by atoms with E-state index in [4.69, 9.17) is 4.74 Å². The predicted octanol–water partition coefficient (Wildman–Crippen LogP) is 2.85. The number of pyridine rings is 1. The van der Waals surface area contributed by atoms with Crippen LogP contribution in [0.5, 0.6) is 0 Å². The summed E-state index contributed by atoms with van der Waals surface area (Å²) in [7, 11) is 1.69. The third-order valence-corrected chi connectivity index (χ3v) is 3.90. The normalized spacial score (nSPS) is 16.5. The predicted molar refractivity (Wildman–Crippen MR) is 91.1 cm³/mol. The Bertz CT molecular complexity index is 839. The van der Waals surface area contributed by atoms with E-state index in [1.54, 1.807) is 27.1 Å². The van der Waals surface area contributed by atoms with Crippen molar-refractivity contribution in [2.45, 2.75) is 32.4 Å². The SMILES string of the molecule is CN(Cc1cnc2ccccc2c1)C(=O)C1=CC(=O)CC(C)(C)O1. The van der Waals surface area contributed by atoms with E-state index in [0.29, 0.717) is 6.54 Å². The van der Waals surface area contributed by atoms with Crippen molar-refractivity contribution in [2.75, 3.05) is 7.05 Å². The largest absolute Gasteiger partial charge is 0.481 e. The maximum Gasteiger partial charge on any atom is 0.289 e. The van der Waals surface area contributed by atoms with Crippen LogP contribution in [0, 0.1) is 0 Å². The molecule has 0 aliphatic carbocycles. The number of hydrogen-bond donors (Lipinski definition) is 0. The number of nitrogens with zero attached hydrogens (tertiary/aromatic N) is 2. The number of hydrogen-bond acceptors (Lipinski definition) is 4. The molecule has 124 valence electrons. The van der Waals surface area contributed by atoms with Crippen molar-refractivity contribution in [3.8, 4) is 0 Å². The number of ketones is 1. The van der Waals surface area contributed by atoms with Crippen LogP contribution in [0.15, 0.2) is 48.4 Å². The van der Waals surface area contributed by atoms with Gasteiger partial charge in [0, 0.05) is 37.7 Å². The lowest BCUT2D eigenvalue weighted by atomic mass is 9.98. The lowest BCUT2D eigenvalue weighted by Crippen LogP contribution is -2.37. The molecule has 0 unspecified atom stereocenters. The molecule has 0 bridgehead atoms. The van der Waals surface area contributed by atoms with Crippen LogP contribution in [-0.4, -0.2) is 34.2 Å². The quantitative estimate of drug-likeness (QED) is 0.871. The third-order valence-electron chi connectivity index (χ3n) is 3.90. The van der Waals surface area contributed by atoms with Crippen molar-refractivity contribution < 1.29 is 14.3 Å². The molecule has 0 N–H and O–H groups in total. The molecule has 1 aliphatic heterocycles. The van der Waals surface area contributed by atoms with Crippen molar-refractivity contribution in [1.29, 1.82) is 0 Å². The summed E-state index contributed by atoms with van der Waals surface area (Å²) in [5.74, 6) is -0.285. The molecule has 0 spiro atoms. The standard InChI is InChI=1S/C19H20N2O3/c1-19(2)10-15(22)9-17(24-19)18(23)21(3)12-13-8-14-6-4-5-7-16(14)20-11-13/h4-9,11H,10,12H2,1-3H3. The highest BCUT2D eigenvalue weighted by Gasteiger charge is 2.32. The maximum absolute atomic E-state index is 12.6. The van der Waals surface area contributed by atoms with Gasteiger partial charge in [0.25, 0.3) is 5.91 Å². The molecule has 24 heavy (non-hydrogen) atoms. The fourth-order valence-corrected chi connectivity index (χ4v) is 2.82. The molecule has 1 aromatic heterocycles. The minimum atomic E-state index is -0.651. The molecular weight excluding hydrogens is 304 g/mol. The highest BCUT2D eigenvalue weighted by molar-refractivity contribution is 6.01. The Labute approximate surface area is 140 Å². The van der Waals surface area contributed by atoms with E-state index in [-0.39, 0.29) is 23.9 Å².